The Kier molecular flexibility index (Phi) is 3.27. The SMILES string of the molecule is CCC(C)(C)B(C)NC. The van der Waals surface area contributed by atoms with Crippen molar-refractivity contribution in [2.75, 3.05) is 7.05 Å². The first-order valence-electron chi connectivity index (χ1n) is 3.72. The molecule has 0 atom stereocenters. The number of rotatable bonds is 3. The quantitative estimate of drug-likeness (QED) is 0.572. The van der Waals surface area contributed by atoms with Gasteiger partial charge in [0.05, 0.1) is 0 Å². The Labute approximate surface area is 59.3 Å². The Balaban J connectivity index is 3.80. The molecule has 0 rings (SSSR count). The van der Waals surface area contributed by atoms with Crippen molar-refractivity contribution < 1.29 is 0 Å². The van der Waals surface area contributed by atoms with E-state index in [-0.39, 0.29) is 0 Å². The molecule has 0 aliphatic heterocycles. The highest BCUT2D eigenvalue weighted by Crippen LogP contribution is 2.30. The third-order valence-electron chi connectivity index (χ3n) is 2.52. The van der Waals surface area contributed by atoms with Gasteiger partial charge < -0.3 is 5.23 Å². The molecule has 0 unspecified atom stereocenters. The molecule has 0 amide bonds. The second-order valence-electron chi connectivity index (χ2n) is 3.35. The first-order valence-corrected chi connectivity index (χ1v) is 3.72. The van der Waals surface area contributed by atoms with Crippen LogP contribution >= 0.6 is 0 Å². The second-order valence-corrected chi connectivity index (χ2v) is 3.35. The standard InChI is InChI=1S/C7H18BN/c1-6-7(2,3)8(4)9-5/h9H,6H2,1-5H3. The van der Waals surface area contributed by atoms with Crippen LogP contribution in [0.3, 0.4) is 0 Å². The third-order valence-corrected chi connectivity index (χ3v) is 2.52. The van der Waals surface area contributed by atoms with E-state index in [0.29, 0.717) is 12.2 Å². The molecular weight excluding hydrogens is 109 g/mol. The van der Waals surface area contributed by atoms with Gasteiger partial charge in [-0.05, 0) is 12.4 Å². The highest BCUT2D eigenvalue weighted by molar-refractivity contribution is 6.57. The fraction of sp³-hybridized carbons (Fsp3) is 1.00. The molecular formula is C7H18BN. The molecule has 0 saturated heterocycles. The normalized spacial score (nSPS) is 11.7. The zero-order valence-corrected chi connectivity index (χ0v) is 7.28. The van der Waals surface area contributed by atoms with Crippen LogP contribution in [0.2, 0.25) is 12.1 Å². The summed E-state index contributed by atoms with van der Waals surface area (Å²) in [6, 6.07) is 0. The summed E-state index contributed by atoms with van der Waals surface area (Å²) in [5, 5.41) is 3.70. The van der Waals surface area contributed by atoms with Crippen molar-refractivity contribution in [1.29, 1.82) is 0 Å². The molecule has 1 nitrogen and oxygen atoms in total. The zero-order valence-electron chi connectivity index (χ0n) is 7.28. The van der Waals surface area contributed by atoms with Crippen molar-refractivity contribution in [3.63, 3.8) is 0 Å². The van der Waals surface area contributed by atoms with Crippen molar-refractivity contribution in [1.82, 2.24) is 5.23 Å². The average Bonchev–Trinajstić information content (AvgIpc) is 1.86. The summed E-state index contributed by atoms with van der Waals surface area (Å²) in [6.07, 6.45) is 1.23. The highest BCUT2D eigenvalue weighted by atomic mass is 14.7. The van der Waals surface area contributed by atoms with Crippen LogP contribution in [0.1, 0.15) is 27.2 Å². The maximum Gasteiger partial charge on any atom is 0.222 e. The molecule has 2 heteroatoms. The van der Waals surface area contributed by atoms with E-state index in [0.717, 1.165) is 0 Å². The molecule has 0 bridgehead atoms. The first kappa shape index (κ1) is 9.02. The largest absolute Gasteiger partial charge is 0.358 e. The molecule has 0 aromatic rings. The molecule has 0 aromatic carbocycles. The van der Waals surface area contributed by atoms with Gasteiger partial charge >= 0.3 is 0 Å². The minimum absolute atomic E-state index is 0.439. The van der Waals surface area contributed by atoms with E-state index in [9.17, 15) is 0 Å². The highest BCUT2D eigenvalue weighted by Gasteiger charge is 2.25. The topological polar surface area (TPSA) is 12.0 Å². The maximum atomic E-state index is 3.26. The Bertz CT molecular complexity index is 81.0. The molecule has 0 aromatic heterocycles. The third kappa shape index (κ3) is 2.40. The number of hydrogen-bond acceptors (Lipinski definition) is 1. The van der Waals surface area contributed by atoms with Crippen LogP contribution in [0, 0.1) is 0 Å². The van der Waals surface area contributed by atoms with Crippen LogP contribution in [-0.2, 0) is 0 Å². The molecule has 0 heterocycles. The fourth-order valence-corrected chi connectivity index (χ4v) is 0.697. The van der Waals surface area contributed by atoms with Crippen LogP contribution in [0.15, 0.2) is 0 Å². The molecule has 9 heavy (non-hydrogen) atoms. The van der Waals surface area contributed by atoms with E-state index in [4.69, 9.17) is 0 Å². The van der Waals surface area contributed by atoms with E-state index in [1.165, 1.54) is 6.42 Å². The molecule has 0 radical (unpaired) electrons. The lowest BCUT2D eigenvalue weighted by Gasteiger charge is -2.26. The number of hydrogen-bond donors (Lipinski definition) is 1. The molecule has 54 valence electrons. The second kappa shape index (κ2) is 3.26. The van der Waals surface area contributed by atoms with Gasteiger partial charge in [0.15, 0.2) is 0 Å². The van der Waals surface area contributed by atoms with Gasteiger partial charge in [-0.25, -0.2) is 0 Å². The Morgan fingerprint density at radius 2 is 1.89 bits per heavy atom. The van der Waals surface area contributed by atoms with Gasteiger partial charge in [-0.3, -0.25) is 0 Å². The average molecular weight is 127 g/mol. The maximum absolute atomic E-state index is 3.26. The minimum Gasteiger partial charge on any atom is -0.358 e. The van der Waals surface area contributed by atoms with E-state index in [2.05, 4.69) is 32.8 Å². The summed E-state index contributed by atoms with van der Waals surface area (Å²) in [5.41, 5.74) is 0. The monoisotopic (exact) mass is 127 g/mol. The molecule has 0 saturated carbocycles. The van der Waals surface area contributed by atoms with Gasteiger partial charge in [-0.2, -0.15) is 0 Å². The summed E-state index contributed by atoms with van der Waals surface area (Å²) in [4.78, 5) is 0. The molecule has 0 aliphatic rings. The molecule has 0 aliphatic carbocycles. The fourth-order valence-electron chi connectivity index (χ4n) is 0.697. The Morgan fingerprint density at radius 3 is 2.00 bits per heavy atom. The van der Waals surface area contributed by atoms with Crippen molar-refractivity contribution in [3.8, 4) is 0 Å². The van der Waals surface area contributed by atoms with Gasteiger partial charge in [0.2, 0.25) is 6.85 Å². The van der Waals surface area contributed by atoms with Crippen molar-refractivity contribution in [3.05, 3.63) is 0 Å². The van der Waals surface area contributed by atoms with Gasteiger partial charge in [0, 0.05) is 0 Å². The van der Waals surface area contributed by atoms with E-state index in [1.54, 1.807) is 0 Å². The van der Waals surface area contributed by atoms with Crippen LogP contribution < -0.4 is 5.23 Å². The molecule has 0 fully saturated rings. The number of nitrogens with one attached hydrogen (secondary N) is 1. The lowest BCUT2D eigenvalue weighted by molar-refractivity contribution is 0.622. The Morgan fingerprint density at radius 1 is 1.44 bits per heavy atom. The van der Waals surface area contributed by atoms with Crippen LogP contribution in [0.25, 0.3) is 0 Å². The predicted octanol–water partition coefficient (Wildman–Crippen LogP) is 2.02. The lowest BCUT2D eigenvalue weighted by atomic mass is 9.44. The van der Waals surface area contributed by atoms with Gasteiger partial charge in [-0.15, -0.1) is 0 Å². The van der Waals surface area contributed by atoms with E-state index in [1.807, 2.05) is 7.05 Å². The summed E-state index contributed by atoms with van der Waals surface area (Å²) in [6.45, 7) is 9.64. The zero-order chi connectivity index (χ0) is 7.49. The summed E-state index contributed by atoms with van der Waals surface area (Å²) < 4.78 is 0. The predicted molar refractivity (Wildman–Crippen MR) is 45.0 cm³/mol. The molecule has 1 N–H and O–H groups in total. The summed E-state index contributed by atoms with van der Waals surface area (Å²) in [7, 11) is 2.02. The van der Waals surface area contributed by atoms with Gasteiger partial charge in [-0.1, -0.05) is 34.0 Å². The van der Waals surface area contributed by atoms with Crippen molar-refractivity contribution >= 4 is 6.85 Å². The van der Waals surface area contributed by atoms with E-state index < -0.39 is 0 Å². The summed E-state index contributed by atoms with van der Waals surface area (Å²) in [5.74, 6) is 0. The van der Waals surface area contributed by atoms with Gasteiger partial charge in [0.25, 0.3) is 0 Å². The summed E-state index contributed by atoms with van der Waals surface area (Å²) >= 11 is 0. The Hall–Kier alpha value is 0.0249. The first-order chi connectivity index (χ1) is 4.04. The van der Waals surface area contributed by atoms with E-state index >= 15 is 0 Å². The lowest BCUT2D eigenvalue weighted by Crippen LogP contribution is -2.37. The van der Waals surface area contributed by atoms with Crippen LogP contribution in [-0.4, -0.2) is 13.9 Å². The van der Waals surface area contributed by atoms with Gasteiger partial charge in [0.1, 0.15) is 0 Å². The van der Waals surface area contributed by atoms with Crippen LogP contribution in [0.5, 0.6) is 0 Å². The minimum atomic E-state index is 0.439. The molecule has 0 spiro atoms. The van der Waals surface area contributed by atoms with Crippen molar-refractivity contribution in [2.45, 2.75) is 39.3 Å². The smallest absolute Gasteiger partial charge is 0.222 e. The van der Waals surface area contributed by atoms with Crippen molar-refractivity contribution in [2.24, 2.45) is 0 Å². The van der Waals surface area contributed by atoms with Crippen LogP contribution in [0.4, 0.5) is 0 Å².